The van der Waals surface area contributed by atoms with Crippen LogP contribution in [-0.4, -0.2) is 102 Å². The molecule has 0 aromatic carbocycles. The van der Waals surface area contributed by atoms with Gasteiger partial charge in [0.05, 0.1) is 30.3 Å². The van der Waals surface area contributed by atoms with E-state index in [4.69, 9.17) is 28.3 Å². The molecule has 15 heteroatoms. The molecule has 0 radical (unpaired) electrons. The quantitative estimate of drug-likeness (QED) is 0.123. The molecule has 0 bridgehead atoms. The number of aromatic amines is 1. The molecule has 0 amide bonds. The number of aliphatic hydroxyl groups is 3. The van der Waals surface area contributed by atoms with Gasteiger partial charge in [-0.05, 0) is 0 Å². The summed E-state index contributed by atoms with van der Waals surface area (Å²) in [6, 6.07) is 3.69. The Morgan fingerprint density at radius 1 is 1.00 bits per heavy atom. The molecule has 0 saturated heterocycles. The summed E-state index contributed by atoms with van der Waals surface area (Å²) in [7, 11) is 0.605. The van der Waals surface area contributed by atoms with Gasteiger partial charge in [0.25, 0.3) is 11.2 Å². The van der Waals surface area contributed by atoms with Gasteiger partial charge in [-0.1, -0.05) is 23.2 Å². The monoisotopic (exact) mass is 632 g/mol. The van der Waals surface area contributed by atoms with Crippen LogP contribution in [-0.2, 0) is 9.84 Å². The van der Waals surface area contributed by atoms with Crippen molar-refractivity contribution >= 4 is 74.0 Å². The van der Waals surface area contributed by atoms with Gasteiger partial charge in [0.2, 0.25) is 0 Å². The molecule has 9 nitrogen and oxygen atoms in total. The van der Waals surface area contributed by atoms with E-state index in [1.807, 2.05) is 31.1 Å². The zero-order valence-electron chi connectivity index (χ0n) is 20.5. The van der Waals surface area contributed by atoms with Gasteiger partial charge in [-0.25, -0.2) is 8.42 Å². The fraction of sp³-hybridized carbons (Fsp3) is 0.545. The van der Waals surface area contributed by atoms with Crippen molar-refractivity contribution in [2.45, 2.75) is 17.2 Å². The van der Waals surface area contributed by atoms with Crippen molar-refractivity contribution in [2.24, 2.45) is 0 Å². The van der Waals surface area contributed by atoms with Gasteiger partial charge in [0.15, 0.2) is 27.3 Å². The summed E-state index contributed by atoms with van der Waals surface area (Å²) >= 11 is 16.5. The summed E-state index contributed by atoms with van der Waals surface area (Å²) in [5, 5.41) is 29.9. The number of anilines is 1. The highest BCUT2D eigenvalue weighted by Gasteiger charge is 2.25. The van der Waals surface area contributed by atoms with Crippen molar-refractivity contribution in [2.75, 3.05) is 65.9 Å². The van der Waals surface area contributed by atoms with Crippen LogP contribution in [0.5, 0.6) is 0 Å². The molecule has 2 rings (SSSR count). The number of halogens is 2. The molecule has 0 aliphatic rings. The molecule has 0 fully saturated rings. The second-order valence-corrected chi connectivity index (χ2v) is 14.6. The Hall–Kier alpha value is -0.640. The number of aromatic nitrogens is 2. The maximum Gasteiger partial charge on any atom is 0.274 e. The normalized spacial score (nSPS) is 13.5. The Labute approximate surface area is 239 Å². The van der Waals surface area contributed by atoms with Crippen LogP contribution in [0.4, 0.5) is 5.69 Å². The summed E-state index contributed by atoms with van der Waals surface area (Å²) in [5.41, 5.74) is 0.725. The smallest absolute Gasteiger partial charge is 0.274 e. The number of nitrogens with zero attached hydrogens (tertiary/aromatic N) is 2. The average molecular weight is 634 g/mol. The summed E-state index contributed by atoms with van der Waals surface area (Å²) in [6.45, 7) is 0.0182. The number of pyridine rings is 2. The van der Waals surface area contributed by atoms with Gasteiger partial charge in [-0.15, -0.1) is 11.8 Å². The van der Waals surface area contributed by atoms with E-state index in [2.05, 4.69) is 4.98 Å². The predicted molar refractivity (Wildman–Crippen MR) is 156 cm³/mol. The fourth-order valence-electron chi connectivity index (χ4n) is 2.95. The Balaban J connectivity index is 1.93. The Bertz CT molecular complexity index is 1170. The average Bonchev–Trinajstić information content (AvgIpc) is 2.86. The summed E-state index contributed by atoms with van der Waals surface area (Å²) in [5.74, 6) is 1.46. The summed E-state index contributed by atoms with van der Waals surface area (Å²) in [4.78, 5) is 17.0. The highest BCUT2D eigenvalue weighted by molar-refractivity contribution is 8.02. The first-order valence-electron chi connectivity index (χ1n) is 11.2. The molecule has 2 aromatic rings. The number of hydrogen-bond donors (Lipinski definition) is 4. The third-order valence-electron chi connectivity index (χ3n) is 5.07. The molecule has 2 atom stereocenters. The van der Waals surface area contributed by atoms with Crippen LogP contribution >= 0.6 is 58.5 Å². The lowest BCUT2D eigenvalue weighted by Gasteiger charge is -2.17. The Kier molecular flexibility index (Phi) is 13.9. The van der Waals surface area contributed by atoms with Gasteiger partial charge >= 0.3 is 0 Å². The minimum atomic E-state index is -3.21. The molecule has 4 N–H and O–H groups in total. The van der Waals surface area contributed by atoms with E-state index in [1.165, 1.54) is 23.5 Å². The minimum Gasteiger partial charge on any atom is -0.396 e. The molecule has 37 heavy (non-hydrogen) atoms. The van der Waals surface area contributed by atoms with Crippen LogP contribution in [0.3, 0.4) is 0 Å². The zero-order chi connectivity index (χ0) is 27.6. The van der Waals surface area contributed by atoms with Gasteiger partial charge < -0.3 is 25.2 Å². The van der Waals surface area contributed by atoms with Crippen molar-refractivity contribution in [1.82, 2.24) is 4.98 Å². The van der Waals surface area contributed by atoms with Crippen molar-refractivity contribution in [1.29, 1.82) is 0 Å². The maximum absolute atomic E-state index is 12.4. The first-order chi connectivity index (χ1) is 17.5. The second kappa shape index (κ2) is 15.8. The lowest BCUT2D eigenvalue weighted by Crippen LogP contribution is -2.33. The van der Waals surface area contributed by atoms with Crippen LogP contribution in [0, 0.1) is 0 Å². The number of H-pyrrole nitrogens is 1. The van der Waals surface area contributed by atoms with E-state index in [0.717, 1.165) is 17.4 Å². The van der Waals surface area contributed by atoms with Crippen molar-refractivity contribution in [3.05, 3.63) is 44.9 Å². The van der Waals surface area contributed by atoms with Crippen molar-refractivity contribution in [3.8, 4) is 5.69 Å². The van der Waals surface area contributed by atoms with Gasteiger partial charge in [0, 0.05) is 60.7 Å². The number of hydrogen-bond acceptors (Lipinski definition) is 10. The first kappa shape index (κ1) is 32.6. The van der Waals surface area contributed by atoms with E-state index < -0.39 is 27.6 Å². The maximum atomic E-state index is 12.4. The summed E-state index contributed by atoms with van der Waals surface area (Å²) < 4.78 is 25.7. The number of rotatable bonds is 16. The second-order valence-electron chi connectivity index (χ2n) is 8.13. The van der Waals surface area contributed by atoms with E-state index in [9.17, 15) is 23.4 Å². The molecule has 0 aliphatic carbocycles. The number of nitrogens with one attached hydrogen (secondary N) is 1. The van der Waals surface area contributed by atoms with Crippen molar-refractivity contribution < 1.29 is 28.3 Å². The Morgan fingerprint density at radius 2 is 1.59 bits per heavy atom. The molecule has 2 heterocycles. The highest BCUT2D eigenvalue weighted by atomic mass is 35.5. The van der Waals surface area contributed by atoms with Crippen LogP contribution in [0.2, 0.25) is 10.0 Å². The van der Waals surface area contributed by atoms with Crippen molar-refractivity contribution in [3.63, 3.8) is 0 Å². The molecule has 0 aliphatic heterocycles. The third-order valence-corrected chi connectivity index (χ3v) is 11.2. The lowest BCUT2D eigenvalue weighted by atomic mass is 10.3. The molecular formula is C22H32Cl2N3O6S4+. The molecule has 0 saturated carbocycles. The summed E-state index contributed by atoms with van der Waals surface area (Å²) in [6.07, 6.45) is 1.25. The largest absolute Gasteiger partial charge is 0.396 e. The van der Waals surface area contributed by atoms with Crippen LogP contribution in [0.25, 0.3) is 5.69 Å². The minimum absolute atomic E-state index is 0.0182. The predicted octanol–water partition coefficient (Wildman–Crippen LogP) is 1.71. The molecule has 2 aromatic heterocycles. The molecule has 208 valence electrons. The number of thioether (sulfide) groups is 3. The molecular weight excluding hydrogens is 601 g/mol. The van der Waals surface area contributed by atoms with E-state index >= 15 is 0 Å². The molecule has 0 spiro atoms. The SMILES string of the molecule is CN(C)c1cc[n+](-c2c(Cl)c(SCC(O)C(O)CSCCS(=O)(=O)CCSCCO)[nH]c(=O)c2Cl)cc1. The van der Waals surface area contributed by atoms with Gasteiger partial charge in [-0.3, -0.25) is 4.79 Å². The number of aliphatic hydroxyl groups excluding tert-OH is 3. The first-order valence-corrected chi connectivity index (χ1v) is 17.1. The topological polar surface area (TPSA) is 135 Å². The van der Waals surface area contributed by atoms with Gasteiger partial charge in [-0.2, -0.15) is 28.1 Å². The van der Waals surface area contributed by atoms with Gasteiger partial charge in [0.1, 0.15) is 10.0 Å². The van der Waals surface area contributed by atoms with E-state index in [1.54, 1.807) is 17.0 Å². The van der Waals surface area contributed by atoms with Crippen LogP contribution in [0.15, 0.2) is 34.3 Å². The van der Waals surface area contributed by atoms with Crippen LogP contribution < -0.4 is 15.0 Å². The number of sulfone groups is 1. The lowest BCUT2D eigenvalue weighted by molar-refractivity contribution is -0.595. The highest BCUT2D eigenvalue weighted by Crippen LogP contribution is 2.31. The van der Waals surface area contributed by atoms with Crippen LogP contribution in [0.1, 0.15) is 0 Å². The third kappa shape index (κ3) is 10.5. The Morgan fingerprint density at radius 3 is 2.19 bits per heavy atom. The fourth-order valence-corrected chi connectivity index (χ4v) is 8.73. The zero-order valence-corrected chi connectivity index (χ0v) is 25.2. The standard InChI is InChI=1S/C22H31Cl2N3O6S4/c1-26(2)15-3-5-27(6-4-15)20-18(23)21(31)25-22(19(20)24)36-14-17(30)16(29)13-35-10-12-37(32,33)11-9-34-8-7-28/h3-6,16-17,28-30H,7-14H2,1-2H3/p+1. The molecule has 2 unspecified atom stereocenters. The van der Waals surface area contributed by atoms with E-state index in [0.29, 0.717) is 28.0 Å². The van der Waals surface area contributed by atoms with E-state index in [-0.39, 0.29) is 39.7 Å².